The summed E-state index contributed by atoms with van der Waals surface area (Å²) in [5.41, 5.74) is -1.56. The summed E-state index contributed by atoms with van der Waals surface area (Å²) in [4.78, 5) is 0. The van der Waals surface area contributed by atoms with Crippen LogP contribution in [0.15, 0.2) is 0 Å². The second-order valence-corrected chi connectivity index (χ2v) is 3.16. The Kier molecular flexibility index (Phi) is 3.03. The molecule has 0 aromatic heterocycles. The molecule has 0 saturated carbocycles. The van der Waals surface area contributed by atoms with Crippen LogP contribution in [0.4, 0.5) is 0 Å². The number of aliphatic hydroxyl groups is 4. The lowest BCUT2D eigenvalue weighted by Gasteiger charge is -2.39. The van der Waals surface area contributed by atoms with Crippen molar-refractivity contribution in [2.45, 2.75) is 24.2 Å². The average molecular weight is 177 g/mol. The van der Waals surface area contributed by atoms with Crippen molar-refractivity contribution < 1.29 is 20.4 Å². The molecule has 5 N–H and O–H groups in total. The smallest absolute Gasteiger partial charge is 0.121 e. The highest BCUT2D eigenvalue weighted by Crippen LogP contribution is 2.22. The first-order valence-electron chi connectivity index (χ1n) is 4.01. The zero-order valence-electron chi connectivity index (χ0n) is 6.77. The molecule has 0 unspecified atom stereocenters. The Bertz CT molecular complexity index is 148. The Hall–Kier alpha value is -0.200. The van der Waals surface area contributed by atoms with Gasteiger partial charge in [-0.05, 0) is 13.0 Å². The van der Waals surface area contributed by atoms with Gasteiger partial charge in [-0.2, -0.15) is 0 Å². The summed E-state index contributed by atoms with van der Waals surface area (Å²) in [6.07, 6.45) is -2.04. The van der Waals surface area contributed by atoms with E-state index in [0.717, 1.165) is 0 Å². The van der Waals surface area contributed by atoms with Crippen molar-refractivity contribution in [3.63, 3.8) is 0 Å². The molecule has 5 nitrogen and oxygen atoms in total. The van der Waals surface area contributed by atoms with Crippen LogP contribution in [-0.2, 0) is 0 Å². The van der Waals surface area contributed by atoms with Gasteiger partial charge >= 0.3 is 0 Å². The first kappa shape index (κ1) is 9.88. The maximum Gasteiger partial charge on any atom is 0.121 e. The lowest BCUT2D eigenvalue weighted by Crippen LogP contribution is -2.61. The molecule has 1 rings (SSSR count). The van der Waals surface area contributed by atoms with Crippen molar-refractivity contribution >= 4 is 0 Å². The molecule has 0 aromatic carbocycles. The molecule has 1 heterocycles. The minimum Gasteiger partial charge on any atom is -0.394 e. The van der Waals surface area contributed by atoms with Gasteiger partial charge in [0.15, 0.2) is 0 Å². The maximum atomic E-state index is 9.71. The van der Waals surface area contributed by atoms with Gasteiger partial charge in [0.05, 0.1) is 12.7 Å². The molecule has 0 amide bonds. The second-order valence-electron chi connectivity index (χ2n) is 3.16. The number of hydrogen-bond donors (Lipinski definition) is 5. The molecular weight excluding hydrogens is 162 g/mol. The van der Waals surface area contributed by atoms with Crippen LogP contribution in [0.25, 0.3) is 0 Å². The molecule has 0 radical (unpaired) electrons. The molecule has 12 heavy (non-hydrogen) atoms. The number of aliphatic hydroxyl groups excluding tert-OH is 3. The summed E-state index contributed by atoms with van der Waals surface area (Å²) in [6.45, 7) is 0.242. The maximum absolute atomic E-state index is 9.71. The Labute approximate surface area is 70.6 Å². The van der Waals surface area contributed by atoms with Crippen LogP contribution in [0.3, 0.4) is 0 Å². The monoisotopic (exact) mass is 177 g/mol. The molecule has 1 aliphatic rings. The van der Waals surface area contributed by atoms with Gasteiger partial charge in [0.2, 0.25) is 0 Å². The zero-order valence-corrected chi connectivity index (χ0v) is 6.77. The van der Waals surface area contributed by atoms with E-state index in [1.165, 1.54) is 0 Å². The Morgan fingerprint density at radius 1 is 1.58 bits per heavy atom. The van der Waals surface area contributed by atoms with Crippen molar-refractivity contribution in [1.82, 2.24) is 5.32 Å². The molecule has 1 saturated heterocycles. The fourth-order valence-corrected chi connectivity index (χ4v) is 1.42. The predicted octanol–water partition coefficient (Wildman–Crippen LogP) is -2.58. The van der Waals surface area contributed by atoms with E-state index in [1.54, 1.807) is 0 Å². The van der Waals surface area contributed by atoms with E-state index in [9.17, 15) is 15.3 Å². The molecule has 5 heteroatoms. The van der Waals surface area contributed by atoms with Crippen LogP contribution in [-0.4, -0.2) is 57.9 Å². The summed E-state index contributed by atoms with van der Waals surface area (Å²) in [5.74, 6) is 0. The molecule has 0 bridgehead atoms. The highest BCUT2D eigenvalue weighted by molar-refractivity contribution is 4.97. The van der Waals surface area contributed by atoms with Gasteiger partial charge in [-0.15, -0.1) is 0 Å². The van der Waals surface area contributed by atoms with Crippen molar-refractivity contribution in [2.75, 3.05) is 19.7 Å². The van der Waals surface area contributed by atoms with Crippen molar-refractivity contribution in [2.24, 2.45) is 0 Å². The summed E-state index contributed by atoms with van der Waals surface area (Å²) in [5, 5.41) is 39.8. The molecule has 3 atom stereocenters. The van der Waals surface area contributed by atoms with Gasteiger partial charge in [0, 0.05) is 6.54 Å². The first-order chi connectivity index (χ1) is 5.61. The third kappa shape index (κ3) is 1.60. The average Bonchev–Trinajstić information content (AvgIpc) is 2.09. The minimum atomic E-state index is -1.56. The summed E-state index contributed by atoms with van der Waals surface area (Å²) < 4.78 is 0. The lowest BCUT2D eigenvalue weighted by molar-refractivity contribution is -0.168. The third-order valence-corrected chi connectivity index (χ3v) is 2.37. The topological polar surface area (TPSA) is 93.0 Å². The lowest BCUT2D eigenvalue weighted by atomic mass is 9.84. The fourth-order valence-electron chi connectivity index (χ4n) is 1.42. The number of rotatable bonds is 2. The number of nitrogens with one attached hydrogen (secondary N) is 1. The Balaban J connectivity index is 2.65. The molecular formula is C7H15NO4. The Morgan fingerprint density at radius 2 is 2.25 bits per heavy atom. The van der Waals surface area contributed by atoms with Gasteiger partial charge in [0.25, 0.3) is 0 Å². The van der Waals surface area contributed by atoms with Gasteiger partial charge in [-0.25, -0.2) is 0 Å². The molecule has 72 valence electrons. The SMILES string of the molecule is OC[C@@H](O)[C@]1(O)CCNC[C@@H]1O. The largest absolute Gasteiger partial charge is 0.394 e. The fraction of sp³-hybridized carbons (Fsp3) is 1.00. The van der Waals surface area contributed by atoms with E-state index in [0.29, 0.717) is 6.54 Å². The molecule has 0 spiro atoms. The highest BCUT2D eigenvalue weighted by atomic mass is 16.4. The van der Waals surface area contributed by atoms with Crippen LogP contribution >= 0.6 is 0 Å². The van der Waals surface area contributed by atoms with Crippen LogP contribution in [0.5, 0.6) is 0 Å². The zero-order chi connectivity index (χ0) is 9.19. The molecule has 0 aromatic rings. The van der Waals surface area contributed by atoms with Crippen molar-refractivity contribution in [1.29, 1.82) is 0 Å². The summed E-state index contributed by atoms with van der Waals surface area (Å²) in [7, 11) is 0. The van der Waals surface area contributed by atoms with E-state index in [-0.39, 0.29) is 13.0 Å². The summed E-state index contributed by atoms with van der Waals surface area (Å²) >= 11 is 0. The van der Waals surface area contributed by atoms with Crippen LogP contribution in [0.2, 0.25) is 0 Å². The van der Waals surface area contributed by atoms with Gasteiger partial charge in [0.1, 0.15) is 11.7 Å². The van der Waals surface area contributed by atoms with E-state index in [2.05, 4.69) is 5.32 Å². The predicted molar refractivity (Wildman–Crippen MR) is 41.5 cm³/mol. The molecule has 1 fully saturated rings. The third-order valence-electron chi connectivity index (χ3n) is 2.37. The number of β-amino-alcohol motifs (C(OH)–C–C–N with tert-alkyl or cyclic N) is 1. The van der Waals surface area contributed by atoms with Crippen molar-refractivity contribution in [3.05, 3.63) is 0 Å². The highest BCUT2D eigenvalue weighted by Gasteiger charge is 2.43. The first-order valence-corrected chi connectivity index (χ1v) is 4.01. The standard InChI is InChI=1S/C7H15NO4/c9-4-6(11)7(12)1-2-8-3-5(7)10/h5-6,8-12H,1-4H2/t5-,6+,7-/m0/s1. The van der Waals surface area contributed by atoms with E-state index >= 15 is 0 Å². The van der Waals surface area contributed by atoms with E-state index in [4.69, 9.17) is 5.11 Å². The normalized spacial score (nSPS) is 39.5. The van der Waals surface area contributed by atoms with Gasteiger partial charge in [-0.3, -0.25) is 0 Å². The van der Waals surface area contributed by atoms with Crippen LogP contribution in [0.1, 0.15) is 6.42 Å². The van der Waals surface area contributed by atoms with Crippen molar-refractivity contribution in [3.8, 4) is 0 Å². The van der Waals surface area contributed by atoms with Crippen LogP contribution in [0, 0.1) is 0 Å². The number of hydrogen-bond acceptors (Lipinski definition) is 5. The summed E-state index contributed by atoms with van der Waals surface area (Å²) in [6, 6.07) is 0. The van der Waals surface area contributed by atoms with Gasteiger partial charge < -0.3 is 25.7 Å². The van der Waals surface area contributed by atoms with E-state index in [1.807, 2.05) is 0 Å². The van der Waals surface area contributed by atoms with E-state index < -0.39 is 24.4 Å². The van der Waals surface area contributed by atoms with Crippen LogP contribution < -0.4 is 5.32 Å². The minimum absolute atomic E-state index is 0.244. The Morgan fingerprint density at radius 3 is 2.75 bits per heavy atom. The van der Waals surface area contributed by atoms with Gasteiger partial charge in [-0.1, -0.05) is 0 Å². The number of piperidine rings is 1. The quantitative estimate of drug-likeness (QED) is 0.319. The molecule has 0 aliphatic carbocycles. The molecule has 1 aliphatic heterocycles. The second kappa shape index (κ2) is 3.68.